The number of hydrogen-bond acceptors (Lipinski definition) is 2. The minimum absolute atomic E-state index is 0.956. The van der Waals surface area contributed by atoms with Gasteiger partial charge in [0.15, 0.2) is 0 Å². The van der Waals surface area contributed by atoms with Gasteiger partial charge >= 0.3 is 0 Å². The Kier molecular flexibility index (Phi) is 2.41. The minimum atomic E-state index is 0.956. The van der Waals surface area contributed by atoms with Crippen molar-refractivity contribution in [3.8, 4) is 0 Å². The highest BCUT2D eigenvalue weighted by molar-refractivity contribution is 7.09. The fourth-order valence-electron chi connectivity index (χ4n) is 1.19. The average Bonchev–Trinajstić information content (AvgIpc) is 2.62. The molecule has 2 aromatic heterocycles. The first-order valence-corrected chi connectivity index (χ1v) is 5.16. The molecule has 0 aliphatic heterocycles. The van der Waals surface area contributed by atoms with Crippen LogP contribution in [0.15, 0.2) is 35.8 Å². The Balaban J connectivity index is 2.15. The van der Waals surface area contributed by atoms with Crippen LogP contribution >= 0.6 is 11.3 Å². The van der Waals surface area contributed by atoms with E-state index in [1.807, 2.05) is 6.20 Å². The zero-order valence-corrected chi connectivity index (χ0v) is 8.34. The van der Waals surface area contributed by atoms with Gasteiger partial charge in [0.2, 0.25) is 0 Å². The van der Waals surface area contributed by atoms with E-state index in [-0.39, 0.29) is 0 Å². The van der Waals surface area contributed by atoms with Gasteiger partial charge in [-0.2, -0.15) is 0 Å². The second-order valence-corrected chi connectivity index (χ2v) is 4.12. The molecule has 0 atom stereocenters. The molecule has 2 rings (SSSR count). The molecule has 2 heteroatoms. The molecule has 0 saturated carbocycles. The van der Waals surface area contributed by atoms with Crippen LogP contribution in [0.25, 0.3) is 0 Å². The molecule has 2 aromatic rings. The Hall–Kier alpha value is -1.15. The molecule has 0 saturated heterocycles. The van der Waals surface area contributed by atoms with Gasteiger partial charge in [-0.3, -0.25) is 4.98 Å². The third kappa shape index (κ3) is 2.16. The number of rotatable bonds is 2. The number of thiophene rings is 1. The van der Waals surface area contributed by atoms with Crippen molar-refractivity contribution in [2.75, 3.05) is 0 Å². The Bertz CT molecular complexity index is 361. The van der Waals surface area contributed by atoms with Crippen LogP contribution in [0, 0.1) is 6.92 Å². The highest BCUT2D eigenvalue weighted by Gasteiger charge is 1.97. The molecule has 0 spiro atoms. The molecule has 13 heavy (non-hydrogen) atoms. The monoisotopic (exact) mass is 189 g/mol. The molecule has 0 aliphatic rings. The number of aromatic nitrogens is 1. The average molecular weight is 189 g/mol. The lowest BCUT2D eigenvalue weighted by atomic mass is 10.2. The summed E-state index contributed by atoms with van der Waals surface area (Å²) in [6.07, 6.45) is 2.88. The lowest BCUT2D eigenvalue weighted by molar-refractivity contribution is 1.08. The van der Waals surface area contributed by atoms with E-state index in [1.165, 1.54) is 10.4 Å². The van der Waals surface area contributed by atoms with Crippen LogP contribution in [0.1, 0.15) is 16.1 Å². The van der Waals surface area contributed by atoms with Crippen molar-refractivity contribution in [2.24, 2.45) is 0 Å². The fourth-order valence-corrected chi connectivity index (χ4v) is 1.91. The van der Waals surface area contributed by atoms with Gasteiger partial charge in [0.05, 0.1) is 0 Å². The Morgan fingerprint density at radius 1 is 1.31 bits per heavy atom. The van der Waals surface area contributed by atoms with E-state index in [9.17, 15) is 0 Å². The molecule has 66 valence electrons. The maximum atomic E-state index is 4.36. The molecule has 1 nitrogen and oxygen atoms in total. The highest BCUT2D eigenvalue weighted by atomic mass is 32.1. The van der Waals surface area contributed by atoms with Crippen LogP contribution in [0.4, 0.5) is 0 Å². The minimum Gasteiger partial charge on any atom is -0.261 e. The summed E-state index contributed by atoms with van der Waals surface area (Å²) in [5.74, 6) is 0. The van der Waals surface area contributed by atoms with Crippen molar-refractivity contribution in [1.82, 2.24) is 4.98 Å². The Labute approximate surface area is 82.1 Å². The van der Waals surface area contributed by atoms with Crippen LogP contribution in [-0.4, -0.2) is 4.98 Å². The highest BCUT2D eigenvalue weighted by Crippen LogP contribution is 2.13. The predicted octanol–water partition coefficient (Wildman–Crippen LogP) is 3.04. The Morgan fingerprint density at radius 2 is 2.23 bits per heavy atom. The van der Waals surface area contributed by atoms with Crippen LogP contribution in [0.3, 0.4) is 0 Å². The molecule has 0 unspecified atom stereocenters. The van der Waals surface area contributed by atoms with Crippen LogP contribution in [-0.2, 0) is 6.42 Å². The van der Waals surface area contributed by atoms with E-state index in [2.05, 4.69) is 41.6 Å². The predicted molar refractivity (Wildman–Crippen MR) is 56.1 cm³/mol. The van der Waals surface area contributed by atoms with E-state index in [0.717, 1.165) is 12.1 Å². The van der Waals surface area contributed by atoms with Crippen molar-refractivity contribution >= 4 is 11.3 Å². The smallest absolute Gasteiger partial charge is 0.0455 e. The molecule has 2 heterocycles. The van der Waals surface area contributed by atoms with Gasteiger partial charge in [0.25, 0.3) is 0 Å². The van der Waals surface area contributed by atoms with Gasteiger partial charge in [-0.05, 0) is 30.0 Å². The van der Waals surface area contributed by atoms with Crippen LogP contribution in [0.2, 0.25) is 0 Å². The summed E-state index contributed by atoms with van der Waals surface area (Å²) in [6, 6.07) is 8.42. The van der Waals surface area contributed by atoms with Gasteiger partial charge in [-0.25, -0.2) is 0 Å². The van der Waals surface area contributed by atoms with Gasteiger partial charge < -0.3 is 0 Å². The quantitative estimate of drug-likeness (QED) is 0.707. The van der Waals surface area contributed by atoms with Crippen molar-refractivity contribution < 1.29 is 0 Å². The van der Waals surface area contributed by atoms with Crippen LogP contribution in [0.5, 0.6) is 0 Å². The van der Waals surface area contributed by atoms with E-state index in [0.29, 0.717) is 0 Å². The fraction of sp³-hybridized carbons (Fsp3) is 0.182. The third-order valence-electron chi connectivity index (χ3n) is 1.91. The molecule has 0 N–H and O–H groups in total. The Morgan fingerprint density at radius 3 is 2.85 bits per heavy atom. The molecular formula is C11H11NS. The van der Waals surface area contributed by atoms with E-state index < -0.39 is 0 Å². The molecule has 0 fully saturated rings. The molecule has 0 aromatic carbocycles. The standard InChI is InChI=1S/C11H11NS/c1-9-4-5-10(12-8-9)7-11-3-2-6-13-11/h2-6,8H,7H2,1H3. The van der Waals surface area contributed by atoms with E-state index >= 15 is 0 Å². The second-order valence-electron chi connectivity index (χ2n) is 3.08. The first-order chi connectivity index (χ1) is 6.34. The number of pyridine rings is 1. The third-order valence-corrected chi connectivity index (χ3v) is 2.78. The summed E-state index contributed by atoms with van der Waals surface area (Å²) < 4.78 is 0. The SMILES string of the molecule is Cc1ccc(Cc2cccs2)nc1. The summed E-state index contributed by atoms with van der Waals surface area (Å²) in [4.78, 5) is 5.73. The molecule has 0 amide bonds. The second kappa shape index (κ2) is 3.71. The largest absolute Gasteiger partial charge is 0.261 e. The summed E-state index contributed by atoms with van der Waals surface area (Å²) in [7, 11) is 0. The topological polar surface area (TPSA) is 12.9 Å². The number of hydrogen-bond donors (Lipinski definition) is 0. The zero-order chi connectivity index (χ0) is 9.10. The number of aryl methyl sites for hydroxylation is 1. The molecule has 0 radical (unpaired) electrons. The van der Waals surface area contributed by atoms with Crippen molar-refractivity contribution in [1.29, 1.82) is 0 Å². The van der Waals surface area contributed by atoms with Gasteiger partial charge in [0.1, 0.15) is 0 Å². The van der Waals surface area contributed by atoms with Crippen LogP contribution < -0.4 is 0 Å². The van der Waals surface area contributed by atoms with Crippen molar-refractivity contribution in [3.63, 3.8) is 0 Å². The van der Waals surface area contributed by atoms with Gasteiger partial charge in [-0.1, -0.05) is 12.1 Å². The normalized spacial score (nSPS) is 10.2. The van der Waals surface area contributed by atoms with E-state index in [1.54, 1.807) is 11.3 Å². The maximum absolute atomic E-state index is 4.36. The van der Waals surface area contributed by atoms with Crippen molar-refractivity contribution in [3.05, 3.63) is 52.0 Å². The summed E-state index contributed by atoms with van der Waals surface area (Å²) in [5.41, 5.74) is 2.36. The molecule has 0 aliphatic carbocycles. The molecule has 0 bridgehead atoms. The first-order valence-electron chi connectivity index (χ1n) is 4.28. The van der Waals surface area contributed by atoms with E-state index in [4.69, 9.17) is 0 Å². The lowest BCUT2D eigenvalue weighted by Gasteiger charge is -1.97. The lowest BCUT2D eigenvalue weighted by Crippen LogP contribution is -1.89. The zero-order valence-electron chi connectivity index (χ0n) is 7.53. The molecular weight excluding hydrogens is 178 g/mol. The van der Waals surface area contributed by atoms with Gasteiger partial charge in [-0.15, -0.1) is 11.3 Å². The van der Waals surface area contributed by atoms with Gasteiger partial charge in [0, 0.05) is 23.2 Å². The summed E-state index contributed by atoms with van der Waals surface area (Å²) in [6.45, 7) is 2.06. The van der Waals surface area contributed by atoms with Crippen molar-refractivity contribution in [2.45, 2.75) is 13.3 Å². The summed E-state index contributed by atoms with van der Waals surface area (Å²) in [5, 5.41) is 2.10. The first kappa shape index (κ1) is 8.45. The summed E-state index contributed by atoms with van der Waals surface area (Å²) >= 11 is 1.78. The maximum Gasteiger partial charge on any atom is 0.0455 e. The number of nitrogens with zero attached hydrogens (tertiary/aromatic N) is 1.